The van der Waals surface area contributed by atoms with Gasteiger partial charge < -0.3 is 25.1 Å². The van der Waals surface area contributed by atoms with E-state index in [1.54, 1.807) is 49.6 Å². The smallest absolute Gasteiger partial charge is 0.408 e. The van der Waals surface area contributed by atoms with Gasteiger partial charge in [-0.15, -0.1) is 0 Å². The molecule has 3 aromatic carbocycles. The number of aliphatic carboxylic acids is 1. The third-order valence-electron chi connectivity index (χ3n) is 6.02. The number of thiazole rings is 1. The summed E-state index contributed by atoms with van der Waals surface area (Å²) in [6, 6.07) is 20.5. The molecule has 1 heterocycles. The van der Waals surface area contributed by atoms with Gasteiger partial charge in [0, 0.05) is 17.5 Å². The normalized spacial score (nSPS) is 12.6. The monoisotopic (exact) mass is 577 g/mol. The van der Waals surface area contributed by atoms with Gasteiger partial charge in [-0.3, -0.25) is 9.36 Å². The Balaban J connectivity index is 1.37. The summed E-state index contributed by atoms with van der Waals surface area (Å²) in [5.41, 5.74) is 2.58. The van der Waals surface area contributed by atoms with Gasteiger partial charge in [-0.2, -0.15) is 0 Å². The van der Waals surface area contributed by atoms with Crippen molar-refractivity contribution in [3.63, 3.8) is 0 Å². The minimum Gasteiger partial charge on any atom is -0.492 e. The van der Waals surface area contributed by atoms with Crippen molar-refractivity contribution in [1.82, 2.24) is 9.88 Å². The van der Waals surface area contributed by atoms with Gasteiger partial charge in [0.05, 0.1) is 16.8 Å². The average Bonchev–Trinajstić information content (AvgIpc) is 3.23. The van der Waals surface area contributed by atoms with E-state index < -0.39 is 23.7 Å². The van der Waals surface area contributed by atoms with Crippen molar-refractivity contribution < 1.29 is 29.4 Å². The number of carbonyl (C=O) groups excluding carboxylic acids is 1. The van der Waals surface area contributed by atoms with E-state index in [0.717, 1.165) is 27.1 Å². The van der Waals surface area contributed by atoms with Gasteiger partial charge >= 0.3 is 16.9 Å². The molecule has 41 heavy (non-hydrogen) atoms. The number of rotatable bonds is 10. The molecule has 0 aliphatic rings. The minimum atomic E-state index is -1.17. The Morgan fingerprint density at radius 1 is 1.02 bits per heavy atom. The number of oxime groups is 1. The second kappa shape index (κ2) is 12.7. The molecular weight excluding hydrogens is 546 g/mol. The number of carboxylic acid groups (broad SMARTS) is 1. The van der Waals surface area contributed by atoms with Gasteiger partial charge in [-0.25, -0.2) is 9.59 Å². The Kier molecular flexibility index (Phi) is 9.08. The van der Waals surface area contributed by atoms with Crippen LogP contribution in [0.1, 0.15) is 37.5 Å². The zero-order valence-corrected chi connectivity index (χ0v) is 23.7. The van der Waals surface area contributed by atoms with E-state index in [2.05, 4.69) is 10.5 Å². The number of nitrogens with zero attached hydrogens (tertiary/aromatic N) is 2. The molecule has 1 amide bonds. The fourth-order valence-electron chi connectivity index (χ4n) is 4.17. The molecule has 0 saturated heterocycles. The number of alkyl carbamates (subject to hydrolysis) is 1. The summed E-state index contributed by atoms with van der Waals surface area (Å²) in [5.74, 6) is -0.612. The van der Waals surface area contributed by atoms with E-state index >= 15 is 0 Å². The quantitative estimate of drug-likeness (QED) is 0.139. The summed E-state index contributed by atoms with van der Waals surface area (Å²) < 4.78 is 13.4. The maximum atomic E-state index is 12.7. The van der Waals surface area contributed by atoms with Crippen LogP contribution in [-0.4, -0.2) is 50.9 Å². The molecule has 214 valence electrons. The van der Waals surface area contributed by atoms with E-state index in [4.69, 9.17) is 9.47 Å². The van der Waals surface area contributed by atoms with Crippen LogP contribution in [0.4, 0.5) is 4.79 Å². The summed E-state index contributed by atoms with van der Waals surface area (Å²) >= 11 is 1.11. The van der Waals surface area contributed by atoms with Crippen LogP contribution in [0.25, 0.3) is 10.2 Å². The number of benzene rings is 3. The molecule has 0 saturated carbocycles. The van der Waals surface area contributed by atoms with Crippen LogP contribution in [0.15, 0.2) is 82.7 Å². The highest BCUT2D eigenvalue weighted by Crippen LogP contribution is 2.22. The number of hydrogen-bond donors (Lipinski definition) is 3. The van der Waals surface area contributed by atoms with Crippen LogP contribution >= 0.6 is 11.3 Å². The van der Waals surface area contributed by atoms with Crippen LogP contribution in [-0.2, 0) is 22.5 Å². The van der Waals surface area contributed by atoms with Gasteiger partial charge in [0.15, 0.2) is 0 Å². The predicted molar refractivity (Wildman–Crippen MR) is 156 cm³/mol. The van der Waals surface area contributed by atoms with Gasteiger partial charge in [0.2, 0.25) is 0 Å². The van der Waals surface area contributed by atoms with E-state index in [0.29, 0.717) is 29.1 Å². The highest BCUT2D eigenvalue weighted by molar-refractivity contribution is 7.16. The molecule has 0 radical (unpaired) electrons. The van der Waals surface area contributed by atoms with Gasteiger partial charge in [-0.05, 0) is 50.6 Å². The van der Waals surface area contributed by atoms with Crippen molar-refractivity contribution >= 4 is 39.3 Å². The number of carbonyl (C=O) groups is 2. The van der Waals surface area contributed by atoms with E-state index in [1.165, 1.54) is 0 Å². The first kappa shape index (κ1) is 29.3. The van der Waals surface area contributed by atoms with Crippen molar-refractivity contribution in [2.24, 2.45) is 5.16 Å². The lowest BCUT2D eigenvalue weighted by Crippen LogP contribution is -2.44. The van der Waals surface area contributed by atoms with Crippen molar-refractivity contribution in [2.75, 3.05) is 6.61 Å². The molecule has 4 rings (SSSR count). The molecule has 10 nitrogen and oxygen atoms in total. The lowest BCUT2D eigenvalue weighted by atomic mass is 10.0. The topological polar surface area (TPSA) is 139 Å². The van der Waals surface area contributed by atoms with Crippen molar-refractivity contribution in [3.05, 3.63) is 99.2 Å². The average molecular weight is 578 g/mol. The second-order valence-corrected chi connectivity index (χ2v) is 11.2. The molecular formula is C30H31N3O7S. The van der Waals surface area contributed by atoms with Crippen molar-refractivity contribution in [3.8, 4) is 5.75 Å². The third-order valence-corrected chi connectivity index (χ3v) is 6.97. The Bertz CT molecular complexity index is 1600. The molecule has 11 heteroatoms. The Morgan fingerprint density at radius 2 is 1.73 bits per heavy atom. The summed E-state index contributed by atoms with van der Waals surface area (Å²) in [6.45, 7) is 5.65. The number of hydrogen-bond acceptors (Lipinski definition) is 8. The number of carboxylic acids is 1. The van der Waals surface area contributed by atoms with Crippen LogP contribution in [0.5, 0.6) is 5.75 Å². The number of ether oxygens (including phenoxy) is 2. The highest BCUT2D eigenvalue weighted by Gasteiger charge is 2.24. The summed E-state index contributed by atoms with van der Waals surface area (Å²) in [5, 5.41) is 25.0. The lowest BCUT2D eigenvalue weighted by Gasteiger charge is -2.22. The molecule has 0 spiro atoms. The van der Waals surface area contributed by atoms with Crippen LogP contribution in [0, 0.1) is 0 Å². The van der Waals surface area contributed by atoms with E-state index in [-0.39, 0.29) is 17.9 Å². The molecule has 0 unspecified atom stereocenters. The maximum absolute atomic E-state index is 12.7. The molecule has 0 fully saturated rings. The Hall–Kier alpha value is -4.64. The van der Waals surface area contributed by atoms with E-state index in [1.807, 2.05) is 48.5 Å². The largest absolute Gasteiger partial charge is 0.492 e. The summed E-state index contributed by atoms with van der Waals surface area (Å²) in [6.07, 6.45) is -0.726. The molecule has 0 aliphatic heterocycles. The fourth-order valence-corrected chi connectivity index (χ4v) is 5.12. The third kappa shape index (κ3) is 7.73. The number of fused-ring (bicyclic) bond motifs is 1. The standard InChI is InChI=1S/C30H31N3O7S/c1-30(2,3)40-28(36)31-23(27(34)35)17-19-9-12-22(13-10-19)39-16-15-33-24-14-11-21(18-25(24)41-29(33)37)26(32-38)20-7-5-4-6-8-20/h4-14,18,23,38H,15-17H2,1-3H3,(H,31,36)(H,34,35)/b32-26+/t23-/m0/s1. The number of amides is 1. The van der Waals surface area contributed by atoms with E-state index in [9.17, 15) is 24.7 Å². The number of nitrogens with one attached hydrogen (secondary N) is 1. The first-order chi connectivity index (χ1) is 19.5. The summed E-state index contributed by atoms with van der Waals surface area (Å²) in [4.78, 5) is 36.2. The highest BCUT2D eigenvalue weighted by atomic mass is 32.1. The Morgan fingerprint density at radius 3 is 2.37 bits per heavy atom. The van der Waals surface area contributed by atoms with Gasteiger partial charge in [0.1, 0.15) is 29.7 Å². The van der Waals surface area contributed by atoms with Crippen LogP contribution in [0.2, 0.25) is 0 Å². The summed E-state index contributed by atoms with van der Waals surface area (Å²) in [7, 11) is 0. The van der Waals surface area contributed by atoms with Crippen molar-refractivity contribution in [2.45, 2.75) is 45.4 Å². The van der Waals surface area contributed by atoms with Crippen LogP contribution < -0.4 is 14.9 Å². The lowest BCUT2D eigenvalue weighted by molar-refractivity contribution is -0.139. The van der Waals surface area contributed by atoms with Gasteiger partial charge in [0.25, 0.3) is 0 Å². The zero-order valence-electron chi connectivity index (χ0n) is 22.9. The molecule has 0 bridgehead atoms. The van der Waals surface area contributed by atoms with Gasteiger partial charge in [-0.1, -0.05) is 65.0 Å². The second-order valence-electron chi connectivity index (χ2n) is 10.3. The van der Waals surface area contributed by atoms with Crippen molar-refractivity contribution in [1.29, 1.82) is 0 Å². The molecule has 3 N–H and O–H groups in total. The minimum absolute atomic E-state index is 0.0696. The zero-order chi connectivity index (χ0) is 29.6. The first-order valence-corrected chi connectivity index (χ1v) is 13.7. The maximum Gasteiger partial charge on any atom is 0.408 e. The molecule has 4 aromatic rings. The molecule has 1 atom stereocenters. The molecule has 1 aromatic heterocycles. The first-order valence-electron chi connectivity index (χ1n) is 12.9. The molecule has 0 aliphatic carbocycles. The van der Waals surface area contributed by atoms with Crippen LogP contribution in [0.3, 0.4) is 0 Å². The SMILES string of the molecule is CC(C)(C)OC(=O)N[C@@H](Cc1ccc(OCCn2c(=O)sc3cc(/C(=N/O)c4ccccc4)ccc32)cc1)C(=O)O. The fraction of sp³-hybridized carbons (Fsp3) is 0.267. The Labute approximate surface area is 240 Å². The predicted octanol–water partition coefficient (Wildman–Crippen LogP) is 4.89. The number of aromatic nitrogens is 1.